The molecule has 0 aliphatic heterocycles. The van der Waals surface area contributed by atoms with Gasteiger partial charge in [0.05, 0.1) is 11.6 Å². The van der Waals surface area contributed by atoms with E-state index >= 15 is 0 Å². The summed E-state index contributed by atoms with van der Waals surface area (Å²) in [4.78, 5) is 11.9. The fourth-order valence-electron chi connectivity index (χ4n) is 2.67. The van der Waals surface area contributed by atoms with Crippen LogP contribution in [0, 0.1) is 11.8 Å². The van der Waals surface area contributed by atoms with E-state index in [1.54, 1.807) is 0 Å². The Balaban J connectivity index is 2.42. The fraction of sp³-hybridized carbons (Fsp3) is 0.929. The molecule has 1 rings (SSSR count). The van der Waals surface area contributed by atoms with Crippen molar-refractivity contribution in [3.8, 4) is 0 Å². The highest BCUT2D eigenvalue weighted by atomic mass is 16.3. The van der Waals surface area contributed by atoms with Gasteiger partial charge in [0, 0.05) is 6.54 Å². The molecule has 1 saturated carbocycles. The van der Waals surface area contributed by atoms with Gasteiger partial charge in [-0.1, -0.05) is 40.0 Å². The maximum atomic E-state index is 11.9. The first kappa shape index (κ1) is 15.4. The topological polar surface area (TPSA) is 75.4 Å². The van der Waals surface area contributed by atoms with Crippen molar-refractivity contribution < 1.29 is 9.90 Å². The van der Waals surface area contributed by atoms with Crippen LogP contribution in [0.4, 0.5) is 0 Å². The van der Waals surface area contributed by atoms with Crippen LogP contribution in [0.5, 0.6) is 0 Å². The van der Waals surface area contributed by atoms with Crippen molar-refractivity contribution in [3.05, 3.63) is 0 Å². The van der Waals surface area contributed by atoms with E-state index in [4.69, 9.17) is 5.73 Å². The van der Waals surface area contributed by atoms with E-state index in [-0.39, 0.29) is 11.8 Å². The lowest BCUT2D eigenvalue weighted by Gasteiger charge is -2.36. The van der Waals surface area contributed by atoms with Crippen molar-refractivity contribution in [3.63, 3.8) is 0 Å². The number of rotatable bonds is 5. The van der Waals surface area contributed by atoms with Gasteiger partial charge in [-0.25, -0.2) is 0 Å². The summed E-state index contributed by atoms with van der Waals surface area (Å²) in [5.41, 5.74) is 5.13. The Kier molecular flexibility index (Phi) is 5.60. The van der Waals surface area contributed by atoms with E-state index in [2.05, 4.69) is 12.2 Å². The van der Waals surface area contributed by atoms with Crippen molar-refractivity contribution in [1.82, 2.24) is 5.32 Å². The van der Waals surface area contributed by atoms with Crippen LogP contribution in [-0.2, 0) is 4.79 Å². The van der Waals surface area contributed by atoms with E-state index in [1.807, 2.05) is 13.8 Å². The van der Waals surface area contributed by atoms with Crippen molar-refractivity contribution in [2.75, 3.05) is 6.54 Å². The molecule has 4 N–H and O–H groups in total. The Morgan fingerprint density at radius 1 is 1.61 bits per heavy atom. The standard InChI is InChI=1S/C14H28N2O2/c1-4-11(3)12(15)13(17)16-9-14(18)7-5-6-10(2)8-14/h10-12,18H,4-9,15H2,1-3H3,(H,16,17)/t10?,11?,12-,14?/m0/s1. The fourth-order valence-corrected chi connectivity index (χ4v) is 2.67. The third-order valence-electron chi connectivity index (χ3n) is 4.22. The predicted molar refractivity (Wildman–Crippen MR) is 73.0 cm³/mol. The summed E-state index contributed by atoms with van der Waals surface area (Å²) in [5.74, 6) is 0.560. The van der Waals surface area contributed by atoms with Gasteiger partial charge >= 0.3 is 0 Å². The Morgan fingerprint density at radius 2 is 2.28 bits per heavy atom. The molecule has 1 aliphatic rings. The quantitative estimate of drug-likeness (QED) is 0.696. The van der Waals surface area contributed by atoms with E-state index in [0.29, 0.717) is 12.5 Å². The molecule has 3 unspecified atom stereocenters. The van der Waals surface area contributed by atoms with Crippen LogP contribution >= 0.6 is 0 Å². The van der Waals surface area contributed by atoms with Crippen LogP contribution in [0.25, 0.3) is 0 Å². The minimum atomic E-state index is -0.734. The maximum Gasteiger partial charge on any atom is 0.237 e. The molecular weight excluding hydrogens is 228 g/mol. The normalized spacial score (nSPS) is 31.7. The zero-order chi connectivity index (χ0) is 13.8. The van der Waals surface area contributed by atoms with Crippen molar-refractivity contribution in [2.24, 2.45) is 17.6 Å². The summed E-state index contributed by atoms with van der Waals surface area (Å²) >= 11 is 0. The van der Waals surface area contributed by atoms with Crippen LogP contribution in [0.2, 0.25) is 0 Å². The molecule has 1 fully saturated rings. The number of hydrogen-bond donors (Lipinski definition) is 3. The van der Waals surface area contributed by atoms with Gasteiger partial charge in [-0.3, -0.25) is 4.79 Å². The molecule has 4 heteroatoms. The number of carbonyl (C=O) groups is 1. The van der Waals surface area contributed by atoms with Gasteiger partial charge in [0.1, 0.15) is 0 Å². The van der Waals surface area contributed by atoms with E-state index < -0.39 is 11.6 Å². The molecule has 106 valence electrons. The minimum Gasteiger partial charge on any atom is -0.388 e. The lowest BCUT2D eigenvalue weighted by molar-refractivity contribution is -0.125. The van der Waals surface area contributed by atoms with Gasteiger partial charge < -0.3 is 16.2 Å². The Bertz CT molecular complexity index is 283. The summed E-state index contributed by atoms with van der Waals surface area (Å²) in [6, 6.07) is -0.473. The maximum absolute atomic E-state index is 11.9. The molecule has 0 spiro atoms. The van der Waals surface area contributed by atoms with Crippen molar-refractivity contribution >= 4 is 5.91 Å². The first-order valence-corrected chi connectivity index (χ1v) is 7.13. The first-order valence-electron chi connectivity index (χ1n) is 7.13. The van der Waals surface area contributed by atoms with E-state index in [9.17, 15) is 9.90 Å². The second-order valence-electron chi connectivity index (χ2n) is 6.05. The van der Waals surface area contributed by atoms with Gasteiger partial charge in [-0.2, -0.15) is 0 Å². The number of aliphatic hydroxyl groups is 1. The van der Waals surface area contributed by atoms with E-state index in [1.165, 1.54) is 6.42 Å². The number of amides is 1. The van der Waals surface area contributed by atoms with Crippen LogP contribution in [-0.4, -0.2) is 29.2 Å². The monoisotopic (exact) mass is 256 g/mol. The zero-order valence-corrected chi connectivity index (χ0v) is 11.9. The third-order valence-corrected chi connectivity index (χ3v) is 4.22. The SMILES string of the molecule is CCC(C)[C@H](N)C(=O)NCC1(O)CCCC(C)C1. The summed E-state index contributed by atoms with van der Waals surface area (Å²) in [7, 11) is 0. The van der Waals surface area contributed by atoms with Gasteiger partial charge in [-0.05, 0) is 24.7 Å². The van der Waals surface area contributed by atoms with E-state index in [0.717, 1.165) is 25.7 Å². The van der Waals surface area contributed by atoms with Crippen LogP contribution in [0.15, 0.2) is 0 Å². The number of nitrogens with two attached hydrogens (primary N) is 1. The molecule has 4 atom stereocenters. The predicted octanol–water partition coefficient (Wildman–Crippen LogP) is 1.42. The van der Waals surface area contributed by atoms with Gasteiger partial charge in [0.15, 0.2) is 0 Å². The van der Waals surface area contributed by atoms with Gasteiger partial charge in [0.2, 0.25) is 5.91 Å². The van der Waals surface area contributed by atoms with Gasteiger partial charge in [0.25, 0.3) is 0 Å². The molecule has 0 bridgehead atoms. The highest BCUT2D eigenvalue weighted by molar-refractivity contribution is 5.81. The summed E-state index contributed by atoms with van der Waals surface area (Å²) in [6.07, 6.45) is 4.63. The molecular formula is C14H28N2O2. The molecule has 0 radical (unpaired) electrons. The second kappa shape index (κ2) is 6.53. The smallest absolute Gasteiger partial charge is 0.237 e. The van der Waals surface area contributed by atoms with Crippen LogP contribution < -0.4 is 11.1 Å². The molecule has 18 heavy (non-hydrogen) atoms. The van der Waals surface area contributed by atoms with Crippen molar-refractivity contribution in [1.29, 1.82) is 0 Å². The summed E-state index contributed by atoms with van der Waals surface area (Å²) in [6.45, 7) is 6.48. The molecule has 4 nitrogen and oxygen atoms in total. The summed E-state index contributed by atoms with van der Waals surface area (Å²) in [5, 5.41) is 13.2. The Hall–Kier alpha value is -0.610. The molecule has 0 aromatic carbocycles. The number of nitrogens with one attached hydrogen (secondary N) is 1. The molecule has 1 amide bonds. The molecule has 1 aliphatic carbocycles. The van der Waals surface area contributed by atoms with Crippen LogP contribution in [0.3, 0.4) is 0 Å². The third kappa shape index (κ3) is 4.25. The molecule has 0 saturated heterocycles. The highest BCUT2D eigenvalue weighted by Crippen LogP contribution is 2.31. The Labute approximate surface area is 110 Å². The lowest BCUT2D eigenvalue weighted by atomic mass is 9.79. The lowest BCUT2D eigenvalue weighted by Crippen LogP contribution is -2.51. The number of hydrogen-bond acceptors (Lipinski definition) is 3. The first-order chi connectivity index (χ1) is 8.38. The van der Waals surface area contributed by atoms with Crippen molar-refractivity contribution in [2.45, 2.75) is 64.5 Å². The molecule has 0 aromatic rings. The summed E-state index contributed by atoms with van der Waals surface area (Å²) < 4.78 is 0. The average Bonchev–Trinajstić information content (AvgIpc) is 2.34. The average molecular weight is 256 g/mol. The highest BCUT2D eigenvalue weighted by Gasteiger charge is 2.33. The Morgan fingerprint density at radius 3 is 2.83 bits per heavy atom. The largest absolute Gasteiger partial charge is 0.388 e. The molecule has 0 aromatic heterocycles. The second-order valence-corrected chi connectivity index (χ2v) is 6.05. The number of carbonyl (C=O) groups excluding carboxylic acids is 1. The van der Waals surface area contributed by atoms with Gasteiger partial charge in [-0.15, -0.1) is 0 Å². The van der Waals surface area contributed by atoms with Crippen LogP contribution in [0.1, 0.15) is 52.9 Å². The molecule has 0 heterocycles. The minimum absolute atomic E-state index is 0.143. The zero-order valence-electron chi connectivity index (χ0n) is 11.9.